The van der Waals surface area contributed by atoms with Crippen molar-refractivity contribution in [2.24, 2.45) is 0 Å². The predicted octanol–water partition coefficient (Wildman–Crippen LogP) is 4.82. The number of nitrogens with zero attached hydrogens (tertiary/aromatic N) is 1. The van der Waals surface area contributed by atoms with Gasteiger partial charge in [-0.05, 0) is 34.7 Å². The van der Waals surface area contributed by atoms with Crippen LogP contribution in [0.5, 0.6) is 0 Å². The Bertz CT molecular complexity index is 340. The molecule has 108 valence electrons. The van der Waals surface area contributed by atoms with Crippen molar-refractivity contribution in [2.45, 2.75) is 64.6 Å². The molecular weight excluding hydrogens is 250 g/mol. The van der Waals surface area contributed by atoms with Gasteiger partial charge in [0.15, 0.2) is 8.32 Å². The zero-order valence-corrected chi connectivity index (χ0v) is 14.3. The van der Waals surface area contributed by atoms with E-state index in [0.29, 0.717) is 16.6 Å². The van der Waals surface area contributed by atoms with Gasteiger partial charge in [-0.3, -0.25) is 4.98 Å². The molecule has 0 aliphatic carbocycles. The highest BCUT2D eigenvalue weighted by Crippen LogP contribution is 2.42. The summed E-state index contributed by atoms with van der Waals surface area (Å²) in [6, 6.07) is 4.12. The van der Waals surface area contributed by atoms with Gasteiger partial charge in [0.1, 0.15) is 0 Å². The zero-order chi connectivity index (χ0) is 14.5. The van der Waals surface area contributed by atoms with E-state index in [0.717, 1.165) is 13.0 Å². The Morgan fingerprint density at radius 2 is 1.63 bits per heavy atom. The lowest BCUT2D eigenvalue weighted by Crippen LogP contribution is -2.48. The second-order valence-electron chi connectivity index (χ2n) is 6.28. The Balaban J connectivity index is 2.69. The quantitative estimate of drug-likeness (QED) is 0.668. The van der Waals surface area contributed by atoms with Crippen LogP contribution in [0.3, 0.4) is 0 Å². The minimum absolute atomic E-state index is 0.654. The number of hydrogen-bond donors (Lipinski definition) is 0. The van der Waals surface area contributed by atoms with E-state index < -0.39 is 8.32 Å². The second kappa shape index (κ2) is 7.20. The monoisotopic (exact) mass is 279 g/mol. The molecule has 19 heavy (non-hydrogen) atoms. The van der Waals surface area contributed by atoms with Crippen LogP contribution in [-0.2, 0) is 10.8 Å². The predicted molar refractivity (Wildman–Crippen MR) is 84.9 cm³/mol. The van der Waals surface area contributed by atoms with Crippen LogP contribution < -0.4 is 0 Å². The summed E-state index contributed by atoms with van der Waals surface area (Å²) in [4.78, 5) is 4.16. The molecule has 0 aliphatic rings. The third-order valence-corrected chi connectivity index (χ3v) is 10.3. The first-order valence-electron chi connectivity index (χ1n) is 7.44. The Morgan fingerprint density at radius 3 is 2.05 bits per heavy atom. The molecule has 0 unspecified atom stereocenters. The van der Waals surface area contributed by atoms with Crippen LogP contribution in [0, 0.1) is 0 Å². The van der Waals surface area contributed by atoms with Crippen molar-refractivity contribution in [3.05, 3.63) is 30.1 Å². The molecule has 1 rings (SSSR count). The highest BCUT2D eigenvalue weighted by molar-refractivity contribution is 6.77. The maximum Gasteiger partial charge on any atom is 0.200 e. The first kappa shape index (κ1) is 16.4. The molecule has 0 radical (unpaired) electrons. The van der Waals surface area contributed by atoms with Gasteiger partial charge in [0, 0.05) is 19.0 Å². The summed E-state index contributed by atoms with van der Waals surface area (Å²) in [5.41, 5.74) is 3.23. The maximum absolute atomic E-state index is 6.53. The minimum Gasteiger partial charge on any atom is -0.416 e. The van der Waals surface area contributed by atoms with E-state index in [2.05, 4.69) is 52.6 Å². The molecule has 0 amide bonds. The Morgan fingerprint density at radius 1 is 1.05 bits per heavy atom. The summed E-state index contributed by atoms with van der Waals surface area (Å²) < 4.78 is 6.53. The normalized spacial score (nSPS) is 12.7. The van der Waals surface area contributed by atoms with E-state index in [4.69, 9.17) is 4.43 Å². The van der Waals surface area contributed by atoms with Crippen LogP contribution >= 0.6 is 0 Å². The molecule has 3 heteroatoms. The first-order valence-corrected chi connectivity index (χ1v) is 9.58. The molecule has 0 aliphatic heterocycles. The summed E-state index contributed by atoms with van der Waals surface area (Å²) >= 11 is 0. The van der Waals surface area contributed by atoms with Gasteiger partial charge in [-0.25, -0.2) is 0 Å². The number of aromatic nitrogens is 1. The first-order chi connectivity index (χ1) is 8.91. The van der Waals surface area contributed by atoms with Crippen LogP contribution in [0.4, 0.5) is 0 Å². The molecule has 1 aromatic heterocycles. The van der Waals surface area contributed by atoms with Crippen molar-refractivity contribution in [3.8, 4) is 0 Å². The highest BCUT2D eigenvalue weighted by Gasteiger charge is 2.44. The summed E-state index contributed by atoms with van der Waals surface area (Å²) in [7, 11) is -1.70. The smallest absolute Gasteiger partial charge is 0.200 e. The lowest BCUT2D eigenvalue weighted by Gasteiger charge is -2.42. The van der Waals surface area contributed by atoms with Crippen molar-refractivity contribution in [1.29, 1.82) is 0 Å². The van der Waals surface area contributed by atoms with Crippen LogP contribution in [0.2, 0.25) is 16.6 Å². The minimum atomic E-state index is -1.70. The van der Waals surface area contributed by atoms with Gasteiger partial charge in [0.2, 0.25) is 0 Å². The molecule has 1 aromatic rings. The SMILES string of the molecule is CC(C)[Si](OCCc1cccnc1)(C(C)C)C(C)C. The molecule has 2 nitrogen and oxygen atoms in total. The second-order valence-corrected chi connectivity index (χ2v) is 11.7. The van der Waals surface area contributed by atoms with E-state index in [1.165, 1.54) is 5.56 Å². The van der Waals surface area contributed by atoms with Crippen LogP contribution in [0.15, 0.2) is 24.5 Å². The topological polar surface area (TPSA) is 22.1 Å². The molecule has 0 atom stereocenters. The molecule has 0 saturated heterocycles. The molecular formula is C16H29NOSi. The van der Waals surface area contributed by atoms with Gasteiger partial charge >= 0.3 is 0 Å². The maximum atomic E-state index is 6.53. The summed E-state index contributed by atoms with van der Waals surface area (Å²) in [5, 5.41) is 0. The van der Waals surface area contributed by atoms with Crippen LogP contribution in [-0.4, -0.2) is 19.9 Å². The van der Waals surface area contributed by atoms with Crippen molar-refractivity contribution in [1.82, 2.24) is 4.98 Å². The van der Waals surface area contributed by atoms with E-state index in [1.807, 2.05) is 18.5 Å². The molecule has 0 N–H and O–H groups in total. The zero-order valence-electron chi connectivity index (χ0n) is 13.3. The van der Waals surface area contributed by atoms with Crippen LogP contribution in [0.25, 0.3) is 0 Å². The third kappa shape index (κ3) is 3.89. The Kier molecular flexibility index (Phi) is 6.21. The molecule has 0 bridgehead atoms. The lowest BCUT2D eigenvalue weighted by molar-refractivity contribution is 0.281. The van der Waals surface area contributed by atoms with Crippen molar-refractivity contribution >= 4 is 8.32 Å². The largest absolute Gasteiger partial charge is 0.416 e. The Hall–Kier alpha value is -0.673. The fraction of sp³-hybridized carbons (Fsp3) is 0.688. The van der Waals surface area contributed by atoms with Crippen molar-refractivity contribution < 1.29 is 4.43 Å². The standard InChI is InChI=1S/C16H29NOSi/c1-13(2)19(14(3)4,15(5)6)18-11-9-16-8-7-10-17-12-16/h7-8,10,12-15H,9,11H2,1-6H3. The van der Waals surface area contributed by atoms with Gasteiger partial charge in [0.05, 0.1) is 0 Å². The van der Waals surface area contributed by atoms with E-state index >= 15 is 0 Å². The van der Waals surface area contributed by atoms with Gasteiger partial charge < -0.3 is 4.43 Å². The molecule has 1 heterocycles. The van der Waals surface area contributed by atoms with E-state index in [9.17, 15) is 0 Å². The van der Waals surface area contributed by atoms with Crippen LogP contribution in [0.1, 0.15) is 47.1 Å². The number of hydrogen-bond acceptors (Lipinski definition) is 2. The number of rotatable bonds is 7. The number of pyridine rings is 1. The van der Waals surface area contributed by atoms with Crippen molar-refractivity contribution in [3.63, 3.8) is 0 Å². The third-order valence-electron chi connectivity index (χ3n) is 4.17. The molecule has 0 saturated carbocycles. The highest BCUT2D eigenvalue weighted by atomic mass is 28.4. The van der Waals surface area contributed by atoms with E-state index in [1.54, 1.807) is 0 Å². The molecule has 0 aromatic carbocycles. The van der Waals surface area contributed by atoms with Crippen molar-refractivity contribution in [2.75, 3.05) is 6.61 Å². The summed E-state index contributed by atoms with van der Waals surface area (Å²) in [5.74, 6) is 0. The van der Waals surface area contributed by atoms with Gasteiger partial charge in [-0.2, -0.15) is 0 Å². The average Bonchev–Trinajstić information content (AvgIpc) is 2.34. The summed E-state index contributed by atoms with van der Waals surface area (Å²) in [6.45, 7) is 14.8. The molecule has 0 spiro atoms. The van der Waals surface area contributed by atoms with Gasteiger partial charge in [-0.15, -0.1) is 0 Å². The average molecular weight is 280 g/mol. The van der Waals surface area contributed by atoms with Gasteiger partial charge in [-0.1, -0.05) is 47.6 Å². The fourth-order valence-corrected chi connectivity index (χ4v) is 8.85. The van der Waals surface area contributed by atoms with Gasteiger partial charge in [0.25, 0.3) is 0 Å². The fourth-order valence-electron chi connectivity index (χ4n) is 3.39. The summed E-state index contributed by atoms with van der Waals surface area (Å²) in [6.07, 6.45) is 4.72. The Labute approximate surface area is 119 Å². The van der Waals surface area contributed by atoms with E-state index in [-0.39, 0.29) is 0 Å². The lowest BCUT2D eigenvalue weighted by atomic mass is 10.2. The molecule has 0 fully saturated rings.